The fraction of sp³-hybridized carbons (Fsp3) is 0.333. The van der Waals surface area contributed by atoms with Crippen LogP contribution in [0, 0.1) is 0 Å². The number of guanidine groups is 1. The van der Waals surface area contributed by atoms with Gasteiger partial charge in [-0.25, -0.2) is 4.98 Å². The van der Waals surface area contributed by atoms with Crippen LogP contribution in [-0.2, 0) is 6.54 Å². The molecule has 0 saturated carbocycles. The van der Waals surface area contributed by atoms with Crippen LogP contribution in [-0.4, -0.2) is 55.7 Å². The third-order valence-corrected chi connectivity index (χ3v) is 4.53. The molecule has 0 amide bonds. The Balaban J connectivity index is 1.55. The first-order chi connectivity index (χ1) is 13.3. The molecule has 1 aliphatic heterocycles. The molecule has 0 radical (unpaired) electrons. The highest BCUT2D eigenvalue weighted by Crippen LogP contribution is 2.18. The predicted octanol–water partition coefficient (Wildman–Crippen LogP) is 2.54. The zero-order valence-electron chi connectivity index (χ0n) is 15.8. The number of para-hydroxylation sites is 1. The monoisotopic (exact) mass is 365 g/mol. The summed E-state index contributed by atoms with van der Waals surface area (Å²) in [5, 5.41) is 3.46. The summed E-state index contributed by atoms with van der Waals surface area (Å²) in [6.45, 7) is 8.55. The molecule has 1 saturated heterocycles. The van der Waals surface area contributed by atoms with Gasteiger partial charge in [-0.2, -0.15) is 0 Å². The molecule has 2 heterocycles. The number of benzene rings is 1. The van der Waals surface area contributed by atoms with E-state index in [2.05, 4.69) is 43.8 Å². The Hall–Kier alpha value is -3.02. The predicted molar refractivity (Wildman–Crippen MR) is 110 cm³/mol. The first-order valence-electron chi connectivity index (χ1n) is 9.25. The third kappa shape index (κ3) is 5.00. The van der Waals surface area contributed by atoms with Crippen molar-refractivity contribution in [2.75, 3.05) is 44.7 Å². The second-order valence-electron chi connectivity index (χ2n) is 6.27. The van der Waals surface area contributed by atoms with Gasteiger partial charge in [0, 0.05) is 51.5 Å². The summed E-state index contributed by atoms with van der Waals surface area (Å²) in [6, 6.07) is 14.1. The Morgan fingerprint density at radius 3 is 2.67 bits per heavy atom. The van der Waals surface area contributed by atoms with E-state index in [0.717, 1.165) is 49.3 Å². The molecule has 3 rings (SSSR count). The van der Waals surface area contributed by atoms with E-state index in [4.69, 9.17) is 4.74 Å². The number of pyridine rings is 1. The molecule has 27 heavy (non-hydrogen) atoms. The molecular formula is C21H27N5O. The van der Waals surface area contributed by atoms with E-state index in [0.29, 0.717) is 13.2 Å². The Kier molecular flexibility index (Phi) is 6.68. The van der Waals surface area contributed by atoms with Gasteiger partial charge in [-0.05, 0) is 18.2 Å². The van der Waals surface area contributed by atoms with Crippen molar-refractivity contribution in [1.29, 1.82) is 0 Å². The highest BCUT2D eigenvalue weighted by molar-refractivity contribution is 5.80. The molecule has 2 aromatic rings. The minimum atomic E-state index is 0.501. The number of piperazine rings is 1. The number of hydrogen-bond donors (Lipinski definition) is 1. The van der Waals surface area contributed by atoms with E-state index in [9.17, 15) is 0 Å². The van der Waals surface area contributed by atoms with Gasteiger partial charge >= 0.3 is 0 Å². The van der Waals surface area contributed by atoms with Crippen molar-refractivity contribution < 1.29 is 4.74 Å². The van der Waals surface area contributed by atoms with E-state index < -0.39 is 0 Å². The van der Waals surface area contributed by atoms with Gasteiger partial charge in [-0.3, -0.25) is 4.99 Å². The van der Waals surface area contributed by atoms with Crippen LogP contribution in [0.25, 0.3) is 0 Å². The first kappa shape index (κ1) is 18.8. The number of nitrogens with one attached hydrogen (secondary N) is 1. The van der Waals surface area contributed by atoms with Crippen LogP contribution in [0.1, 0.15) is 5.56 Å². The van der Waals surface area contributed by atoms with Crippen LogP contribution >= 0.6 is 0 Å². The largest absolute Gasteiger partial charge is 0.489 e. The number of nitrogens with zero attached hydrogens (tertiary/aromatic N) is 4. The molecule has 6 nitrogen and oxygen atoms in total. The lowest BCUT2D eigenvalue weighted by atomic mass is 10.2. The molecule has 6 heteroatoms. The normalized spacial score (nSPS) is 14.8. The third-order valence-electron chi connectivity index (χ3n) is 4.53. The van der Waals surface area contributed by atoms with Crippen molar-refractivity contribution in [2.45, 2.75) is 6.54 Å². The zero-order chi connectivity index (χ0) is 18.9. The van der Waals surface area contributed by atoms with Crippen molar-refractivity contribution in [1.82, 2.24) is 15.2 Å². The highest BCUT2D eigenvalue weighted by atomic mass is 16.5. The number of hydrogen-bond acceptors (Lipinski definition) is 4. The number of rotatable bonds is 6. The topological polar surface area (TPSA) is 53.0 Å². The second kappa shape index (κ2) is 9.62. The summed E-state index contributed by atoms with van der Waals surface area (Å²) < 4.78 is 5.74. The van der Waals surface area contributed by atoms with Crippen molar-refractivity contribution in [3.63, 3.8) is 0 Å². The lowest BCUT2D eigenvalue weighted by molar-refractivity contribution is 0.356. The highest BCUT2D eigenvalue weighted by Gasteiger charge is 2.20. The maximum absolute atomic E-state index is 5.74. The van der Waals surface area contributed by atoms with Crippen LogP contribution in [0.5, 0.6) is 5.75 Å². The van der Waals surface area contributed by atoms with Crippen LogP contribution in [0.2, 0.25) is 0 Å². The van der Waals surface area contributed by atoms with Gasteiger partial charge in [0.1, 0.15) is 18.2 Å². The smallest absolute Gasteiger partial charge is 0.194 e. The maximum Gasteiger partial charge on any atom is 0.194 e. The Morgan fingerprint density at radius 2 is 1.96 bits per heavy atom. The van der Waals surface area contributed by atoms with Crippen LogP contribution in [0.15, 0.2) is 66.3 Å². The summed E-state index contributed by atoms with van der Waals surface area (Å²) in [7, 11) is 1.83. The molecule has 1 aromatic carbocycles. The van der Waals surface area contributed by atoms with Crippen molar-refractivity contribution in [3.8, 4) is 5.75 Å². The molecule has 1 aliphatic rings. The summed E-state index contributed by atoms with van der Waals surface area (Å²) in [4.78, 5) is 13.5. The Morgan fingerprint density at radius 1 is 1.19 bits per heavy atom. The molecule has 0 aliphatic carbocycles. The Labute approximate surface area is 161 Å². The number of aromatic nitrogens is 1. The van der Waals surface area contributed by atoms with E-state index in [1.807, 2.05) is 43.6 Å². The summed E-state index contributed by atoms with van der Waals surface area (Å²) in [5.74, 6) is 2.82. The second-order valence-corrected chi connectivity index (χ2v) is 6.27. The van der Waals surface area contributed by atoms with E-state index in [1.165, 1.54) is 0 Å². The Bertz CT molecular complexity index is 754. The fourth-order valence-corrected chi connectivity index (χ4v) is 3.13. The van der Waals surface area contributed by atoms with E-state index >= 15 is 0 Å². The molecule has 1 fully saturated rings. The van der Waals surface area contributed by atoms with Crippen molar-refractivity contribution >= 4 is 11.8 Å². The molecule has 0 atom stereocenters. The minimum absolute atomic E-state index is 0.501. The molecule has 0 spiro atoms. The van der Waals surface area contributed by atoms with Crippen LogP contribution in [0.3, 0.4) is 0 Å². The molecule has 0 bridgehead atoms. The lowest BCUT2D eigenvalue weighted by Crippen LogP contribution is -2.52. The fourth-order valence-electron chi connectivity index (χ4n) is 3.13. The number of aliphatic imine (C=N–C) groups is 1. The molecular weight excluding hydrogens is 338 g/mol. The van der Waals surface area contributed by atoms with Crippen molar-refractivity contribution in [3.05, 3.63) is 66.9 Å². The van der Waals surface area contributed by atoms with Gasteiger partial charge in [0.05, 0.1) is 0 Å². The quantitative estimate of drug-likeness (QED) is 0.484. The van der Waals surface area contributed by atoms with Gasteiger partial charge in [0.2, 0.25) is 0 Å². The maximum atomic E-state index is 5.74. The van der Waals surface area contributed by atoms with Crippen molar-refractivity contribution in [2.24, 2.45) is 4.99 Å². The van der Waals surface area contributed by atoms with Gasteiger partial charge in [-0.1, -0.05) is 36.9 Å². The van der Waals surface area contributed by atoms with Crippen LogP contribution in [0.4, 0.5) is 5.82 Å². The van der Waals surface area contributed by atoms with Crippen LogP contribution < -0.4 is 15.0 Å². The molecule has 1 aromatic heterocycles. The minimum Gasteiger partial charge on any atom is -0.489 e. The number of ether oxygens (including phenoxy) is 1. The summed E-state index contributed by atoms with van der Waals surface area (Å²) in [5.41, 5.74) is 1.10. The average molecular weight is 365 g/mol. The number of anilines is 1. The first-order valence-corrected chi connectivity index (χ1v) is 9.25. The SMILES string of the molecule is C=CCOc1ccccc1CNC(=NC)N1CCN(c2ccccn2)CC1. The standard InChI is InChI=1S/C21H27N5O/c1-3-16-27-19-9-5-4-8-18(19)17-24-21(22-2)26-14-12-25(13-15-26)20-10-6-7-11-23-20/h3-11H,1,12-17H2,2H3,(H,22,24). The summed E-state index contributed by atoms with van der Waals surface area (Å²) >= 11 is 0. The molecule has 1 N–H and O–H groups in total. The van der Waals surface area contributed by atoms with Gasteiger partial charge < -0.3 is 19.9 Å². The van der Waals surface area contributed by atoms with E-state index in [-0.39, 0.29) is 0 Å². The zero-order valence-corrected chi connectivity index (χ0v) is 15.8. The average Bonchev–Trinajstić information content (AvgIpc) is 2.74. The lowest BCUT2D eigenvalue weighted by Gasteiger charge is -2.37. The molecule has 142 valence electrons. The van der Waals surface area contributed by atoms with Gasteiger partial charge in [0.25, 0.3) is 0 Å². The molecule has 0 unspecified atom stereocenters. The van der Waals surface area contributed by atoms with Gasteiger partial charge in [-0.15, -0.1) is 0 Å². The van der Waals surface area contributed by atoms with E-state index in [1.54, 1.807) is 6.08 Å². The summed E-state index contributed by atoms with van der Waals surface area (Å²) in [6.07, 6.45) is 3.60. The van der Waals surface area contributed by atoms with Gasteiger partial charge in [0.15, 0.2) is 5.96 Å².